The minimum Gasteiger partial charge on any atom is -0.493 e. The number of methoxy groups -OCH3 is 2. The van der Waals surface area contributed by atoms with Crippen LogP contribution in [0.25, 0.3) is 0 Å². The van der Waals surface area contributed by atoms with Crippen molar-refractivity contribution in [3.63, 3.8) is 0 Å². The lowest BCUT2D eigenvalue weighted by Gasteiger charge is -2.14. The Morgan fingerprint density at radius 3 is 2.38 bits per heavy atom. The topological polar surface area (TPSA) is 73.9 Å². The molecule has 7 heteroatoms. The van der Waals surface area contributed by atoms with E-state index in [9.17, 15) is 9.59 Å². The first kappa shape index (κ1) is 19.8. The molecule has 0 bridgehead atoms. The monoisotopic (exact) mass is 377 g/mol. The molecule has 6 nitrogen and oxygen atoms in total. The molecule has 0 unspecified atom stereocenters. The van der Waals surface area contributed by atoms with Gasteiger partial charge in [-0.3, -0.25) is 4.79 Å². The third kappa shape index (κ3) is 4.76. The molecule has 0 aliphatic rings. The fraction of sp³-hybridized carbons (Fsp3) is 0.368. The van der Waals surface area contributed by atoms with E-state index >= 15 is 0 Å². The van der Waals surface area contributed by atoms with Crippen LogP contribution in [0.2, 0.25) is 0 Å². The molecule has 1 aromatic carbocycles. The molecular weight excluding hydrogens is 354 g/mol. The van der Waals surface area contributed by atoms with Crippen LogP contribution < -0.4 is 14.8 Å². The molecule has 0 aliphatic carbocycles. The number of ether oxygens (including phenoxy) is 3. The van der Waals surface area contributed by atoms with Crippen LogP contribution in [0, 0.1) is 13.8 Å². The summed E-state index contributed by atoms with van der Waals surface area (Å²) < 4.78 is 15.7. The number of aryl methyl sites for hydroxylation is 2. The quantitative estimate of drug-likeness (QED) is 0.750. The molecule has 0 spiro atoms. The van der Waals surface area contributed by atoms with Crippen molar-refractivity contribution in [1.82, 2.24) is 5.32 Å². The maximum absolute atomic E-state index is 12.2. The summed E-state index contributed by atoms with van der Waals surface area (Å²) in [5, 5.41) is 2.75. The van der Waals surface area contributed by atoms with Crippen molar-refractivity contribution in [2.24, 2.45) is 0 Å². The fourth-order valence-electron chi connectivity index (χ4n) is 2.43. The summed E-state index contributed by atoms with van der Waals surface area (Å²) in [5.74, 6) is 0.353. The Kier molecular flexibility index (Phi) is 6.63. The second-order valence-corrected chi connectivity index (χ2v) is 7.24. The highest BCUT2D eigenvalue weighted by molar-refractivity contribution is 7.12. The van der Waals surface area contributed by atoms with Crippen molar-refractivity contribution < 1.29 is 23.8 Å². The van der Waals surface area contributed by atoms with Crippen molar-refractivity contribution in [2.75, 3.05) is 14.2 Å². The Morgan fingerprint density at radius 2 is 1.81 bits per heavy atom. The van der Waals surface area contributed by atoms with E-state index < -0.39 is 12.1 Å². The van der Waals surface area contributed by atoms with Crippen LogP contribution in [-0.4, -0.2) is 32.2 Å². The van der Waals surface area contributed by atoms with Crippen LogP contribution >= 0.6 is 11.3 Å². The lowest BCUT2D eigenvalue weighted by molar-refractivity contribution is -0.129. The van der Waals surface area contributed by atoms with E-state index in [0.717, 1.165) is 15.3 Å². The lowest BCUT2D eigenvalue weighted by atomic mass is 10.2. The van der Waals surface area contributed by atoms with E-state index in [1.54, 1.807) is 39.3 Å². The SMILES string of the molecule is COc1ccc(CNC(=O)[C@@H](C)OC(=O)c2cc(C)sc2C)cc1OC. The summed E-state index contributed by atoms with van der Waals surface area (Å²) in [5.41, 5.74) is 1.35. The van der Waals surface area contributed by atoms with Crippen LogP contribution in [0.15, 0.2) is 24.3 Å². The number of hydrogen-bond donors (Lipinski definition) is 1. The first-order valence-electron chi connectivity index (χ1n) is 8.12. The Hall–Kier alpha value is -2.54. The molecule has 0 saturated heterocycles. The predicted molar refractivity (Wildman–Crippen MR) is 100 cm³/mol. The molecule has 0 fully saturated rings. The van der Waals surface area contributed by atoms with Crippen LogP contribution in [0.3, 0.4) is 0 Å². The Labute approximate surface area is 157 Å². The predicted octanol–water partition coefficient (Wildman–Crippen LogP) is 3.24. The van der Waals surface area contributed by atoms with Gasteiger partial charge in [0.25, 0.3) is 5.91 Å². The van der Waals surface area contributed by atoms with Crippen molar-refractivity contribution in [2.45, 2.75) is 33.4 Å². The van der Waals surface area contributed by atoms with Gasteiger partial charge in [0.05, 0.1) is 19.8 Å². The van der Waals surface area contributed by atoms with E-state index in [1.165, 1.54) is 11.3 Å². The van der Waals surface area contributed by atoms with E-state index in [0.29, 0.717) is 17.1 Å². The summed E-state index contributed by atoms with van der Waals surface area (Å²) >= 11 is 1.52. The number of hydrogen-bond acceptors (Lipinski definition) is 6. The first-order chi connectivity index (χ1) is 12.3. The van der Waals surface area contributed by atoms with Gasteiger partial charge in [0.15, 0.2) is 17.6 Å². The number of carbonyl (C=O) groups excluding carboxylic acids is 2. The van der Waals surface area contributed by atoms with Gasteiger partial charge in [0.2, 0.25) is 0 Å². The summed E-state index contributed by atoms with van der Waals surface area (Å²) in [4.78, 5) is 26.3. The smallest absolute Gasteiger partial charge is 0.340 e. The van der Waals surface area contributed by atoms with Gasteiger partial charge in [-0.1, -0.05) is 6.07 Å². The van der Waals surface area contributed by atoms with E-state index in [1.807, 2.05) is 19.9 Å². The molecule has 1 amide bonds. The fourth-order valence-corrected chi connectivity index (χ4v) is 3.35. The third-order valence-corrected chi connectivity index (χ3v) is 4.79. The summed E-state index contributed by atoms with van der Waals surface area (Å²) in [6.07, 6.45) is -0.887. The number of nitrogens with one attached hydrogen (secondary N) is 1. The molecular formula is C19H23NO5S. The zero-order valence-electron chi connectivity index (χ0n) is 15.5. The summed E-state index contributed by atoms with van der Waals surface area (Å²) in [7, 11) is 3.11. The van der Waals surface area contributed by atoms with Crippen molar-refractivity contribution in [3.8, 4) is 11.5 Å². The number of amides is 1. The second kappa shape index (κ2) is 8.71. The van der Waals surface area contributed by atoms with Gasteiger partial charge in [0.1, 0.15) is 0 Å². The van der Waals surface area contributed by atoms with Gasteiger partial charge >= 0.3 is 5.97 Å². The normalized spacial score (nSPS) is 11.6. The lowest BCUT2D eigenvalue weighted by Crippen LogP contribution is -2.35. The van der Waals surface area contributed by atoms with Crippen LogP contribution in [0.5, 0.6) is 11.5 Å². The van der Waals surface area contributed by atoms with Gasteiger partial charge in [-0.25, -0.2) is 4.79 Å². The maximum Gasteiger partial charge on any atom is 0.340 e. The van der Waals surface area contributed by atoms with E-state index in [-0.39, 0.29) is 12.5 Å². The van der Waals surface area contributed by atoms with Gasteiger partial charge < -0.3 is 19.5 Å². The zero-order valence-corrected chi connectivity index (χ0v) is 16.4. The van der Waals surface area contributed by atoms with Crippen molar-refractivity contribution >= 4 is 23.2 Å². The molecule has 0 aliphatic heterocycles. The Bertz CT molecular complexity index is 799. The largest absolute Gasteiger partial charge is 0.493 e. The molecule has 1 heterocycles. The molecule has 2 rings (SSSR count). The van der Waals surface area contributed by atoms with Gasteiger partial charge in [-0.05, 0) is 44.5 Å². The van der Waals surface area contributed by atoms with E-state index in [2.05, 4.69) is 5.32 Å². The van der Waals surface area contributed by atoms with Crippen LogP contribution in [0.1, 0.15) is 32.6 Å². The van der Waals surface area contributed by atoms with Crippen LogP contribution in [0.4, 0.5) is 0 Å². The third-order valence-electron chi connectivity index (χ3n) is 3.83. The minimum atomic E-state index is -0.887. The number of benzene rings is 1. The van der Waals surface area contributed by atoms with Crippen molar-refractivity contribution in [1.29, 1.82) is 0 Å². The average molecular weight is 377 g/mol. The second-order valence-electron chi connectivity index (χ2n) is 5.78. The van der Waals surface area contributed by atoms with Gasteiger partial charge in [-0.2, -0.15) is 0 Å². The summed E-state index contributed by atoms with van der Waals surface area (Å²) in [6.45, 7) is 5.62. The summed E-state index contributed by atoms with van der Waals surface area (Å²) in [6, 6.07) is 7.16. The molecule has 0 saturated carbocycles. The molecule has 2 aromatic rings. The molecule has 1 aromatic heterocycles. The molecule has 0 radical (unpaired) electrons. The average Bonchev–Trinajstić information content (AvgIpc) is 2.97. The minimum absolute atomic E-state index is 0.289. The van der Waals surface area contributed by atoms with Gasteiger partial charge in [-0.15, -0.1) is 11.3 Å². The molecule has 26 heavy (non-hydrogen) atoms. The van der Waals surface area contributed by atoms with Gasteiger partial charge in [0, 0.05) is 16.3 Å². The number of esters is 1. The maximum atomic E-state index is 12.2. The van der Waals surface area contributed by atoms with Crippen molar-refractivity contribution in [3.05, 3.63) is 45.1 Å². The highest BCUT2D eigenvalue weighted by Crippen LogP contribution is 2.27. The standard InChI is InChI=1S/C19H23NO5S/c1-11-8-15(13(3)26-11)19(22)25-12(2)18(21)20-10-14-6-7-16(23-4)17(9-14)24-5/h6-9,12H,10H2,1-5H3,(H,20,21)/t12-/m1/s1. The Morgan fingerprint density at radius 1 is 1.12 bits per heavy atom. The highest BCUT2D eigenvalue weighted by atomic mass is 32.1. The Balaban J connectivity index is 1.93. The highest BCUT2D eigenvalue weighted by Gasteiger charge is 2.21. The number of rotatable bonds is 7. The molecule has 140 valence electrons. The zero-order chi connectivity index (χ0) is 19.3. The van der Waals surface area contributed by atoms with E-state index in [4.69, 9.17) is 14.2 Å². The number of carbonyl (C=O) groups is 2. The van der Waals surface area contributed by atoms with Crippen LogP contribution in [-0.2, 0) is 16.1 Å². The number of thiophene rings is 1. The first-order valence-corrected chi connectivity index (χ1v) is 8.94. The molecule has 1 N–H and O–H groups in total. The molecule has 1 atom stereocenters.